The van der Waals surface area contributed by atoms with Gasteiger partial charge in [-0.05, 0) is 45.1 Å². The Hall–Kier alpha value is -0.420. The number of rotatable bonds is 7. The van der Waals surface area contributed by atoms with Crippen LogP contribution < -0.4 is 11.3 Å². The van der Waals surface area contributed by atoms with Gasteiger partial charge in [0.15, 0.2) is 0 Å². The van der Waals surface area contributed by atoms with Crippen molar-refractivity contribution in [2.75, 3.05) is 6.61 Å². The van der Waals surface area contributed by atoms with E-state index >= 15 is 0 Å². The molecule has 0 aliphatic carbocycles. The molecule has 0 bridgehead atoms. The van der Waals surface area contributed by atoms with Gasteiger partial charge in [-0.15, -0.1) is 11.3 Å². The maximum absolute atomic E-state index is 5.71. The van der Waals surface area contributed by atoms with E-state index < -0.39 is 0 Å². The van der Waals surface area contributed by atoms with E-state index in [4.69, 9.17) is 10.6 Å². The lowest BCUT2D eigenvalue weighted by atomic mass is 9.94. The molecule has 4 heteroatoms. The summed E-state index contributed by atoms with van der Waals surface area (Å²) in [5.41, 5.74) is 2.65. The van der Waals surface area contributed by atoms with Crippen molar-refractivity contribution in [3.8, 4) is 0 Å². The zero-order chi connectivity index (χ0) is 12.0. The molecule has 1 unspecified atom stereocenters. The van der Waals surface area contributed by atoms with Crippen LogP contribution in [0.25, 0.3) is 0 Å². The van der Waals surface area contributed by atoms with E-state index in [-0.39, 0.29) is 11.6 Å². The Balaban J connectivity index is 2.48. The van der Waals surface area contributed by atoms with Gasteiger partial charge >= 0.3 is 0 Å². The first kappa shape index (κ1) is 13.6. The van der Waals surface area contributed by atoms with Crippen molar-refractivity contribution in [2.45, 2.75) is 45.3 Å². The second-order valence-corrected chi connectivity index (χ2v) is 5.41. The van der Waals surface area contributed by atoms with Crippen molar-refractivity contribution in [2.24, 2.45) is 5.84 Å². The largest absolute Gasteiger partial charge is 0.374 e. The topological polar surface area (TPSA) is 47.3 Å². The Morgan fingerprint density at radius 2 is 2.31 bits per heavy atom. The fourth-order valence-electron chi connectivity index (χ4n) is 1.85. The predicted molar refractivity (Wildman–Crippen MR) is 69.5 cm³/mol. The van der Waals surface area contributed by atoms with Crippen LogP contribution in [-0.4, -0.2) is 18.2 Å². The highest BCUT2D eigenvalue weighted by molar-refractivity contribution is 7.09. The number of hydrogen-bond acceptors (Lipinski definition) is 4. The minimum atomic E-state index is -0.221. The summed E-state index contributed by atoms with van der Waals surface area (Å²) in [6, 6.07) is 4.42. The molecule has 0 fully saturated rings. The van der Waals surface area contributed by atoms with Crippen molar-refractivity contribution in [3.63, 3.8) is 0 Å². The van der Waals surface area contributed by atoms with Crippen molar-refractivity contribution in [3.05, 3.63) is 22.4 Å². The van der Waals surface area contributed by atoms with E-state index in [0.29, 0.717) is 6.61 Å². The molecular weight excluding hydrogens is 220 g/mol. The summed E-state index contributed by atoms with van der Waals surface area (Å²) in [6.07, 6.45) is 2.03. The highest BCUT2D eigenvalue weighted by atomic mass is 32.1. The number of ether oxygens (including phenoxy) is 1. The van der Waals surface area contributed by atoms with Crippen molar-refractivity contribution in [1.82, 2.24) is 5.43 Å². The van der Waals surface area contributed by atoms with Gasteiger partial charge in [0.05, 0.1) is 5.60 Å². The van der Waals surface area contributed by atoms with Crippen molar-refractivity contribution < 1.29 is 4.74 Å². The molecule has 0 amide bonds. The van der Waals surface area contributed by atoms with Gasteiger partial charge in [0.2, 0.25) is 0 Å². The number of hydrogen-bond donors (Lipinski definition) is 2. The maximum atomic E-state index is 5.71. The minimum Gasteiger partial charge on any atom is -0.374 e. The molecule has 16 heavy (non-hydrogen) atoms. The lowest BCUT2D eigenvalue weighted by Gasteiger charge is -2.33. The number of nitrogens with one attached hydrogen (secondary N) is 1. The molecule has 1 heterocycles. The van der Waals surface area contributed by atoms with Gasteiger partial charge < -0.3 is 4.74 Å². The highest BCUT2D eigenvalue weighted by Crippen LogP contribution is 2.20. The molecule has 0 radical (unpaired) electrons. The summed E-state index contributed by atoms with van der Waals surface area (Å²) in [5.74, 6) is 5.60. The first-order valence-corrected chi connectivity index (χ1v) is 6.60. The normalized spacial score (nSPS) is 14.0. The fourth-order valence-corrected chi connectivity index (χ4v) is 2.57. The molecule has 3 N–H and O–H groups in total. The van der Waals surface area contributed by atoms with E-state index in [2.05, 4.69) is 36.8 Å². The molecule has 92 valence electrons. The van der Waals surface area contributed by atoms with E-state index in [1.54, 1.807) is 11.3 Å². The molecule has 3 nitrogen and oxygen atoms in total. The maximum Gasteiger partial charge on any atom is 0.0792 e. The van der Waals surface area contributed by atoms with Gasteiger partial charge in [0.1, 0.15) is 0 Å². The summed E-state index contributed by atoms with van der Waals surface area (Å²) in [5, 5.41) is 2.11. The molecule has 0 spiro atoms. The zero-order valence-electron chi connectivity index (χ0n) is 10.3. The molecule has 1 aromatic heterocycles. The molecule has 0 saturated carbocycles. The number of aryl methyl sites for hydroxylation is 1. The van der Waals surface area contributed by atoms with Crippen molar-refractivity contribution in [1.29, 1.82) is 0 Å². The van der Waals surface area contributed by atoms with Crippen LogP contribution in [0.2, 0.25) is 0 Å². The molecule has 1 aromatic rings. The monoisotopic (exact) mass is 242 g/mol. The Kier molecular flexibility index (Phi) is 5.41. The first-order valence-electron chi connectivity index (χ1n) is 5.72. The van der Waals surface area contributed by atoms with Crippen LogP contribution >= 0.6 is 11.3 Å². The smallest absolute Gasteiger partial charge is 0.0792 e. The van der Waals surface area contributed by atoms with Crippen LogP contribution in [0, 0.1) is 0 Å². The molecule has 1 atom stereocenters. The average Bonchev–Trinajstić information content (AvgIpc) is 2.71. The van der Waals surface area contributed by atoms with Gasteiger partial charge in [0, 0.05) is 17.5 Å². The summed E-state index contributed by atoms with van der Waals surface area (Å²) in [6.45, 7) is 6.88. The predicted octanol–water partition coefficient (Wildman–Crippen LogP) is 2.33. The fraction of sp³-hybridized carbons (Fsp3) is 0.667. The molecular formula is C12H22N2OS. The van der Waals surface area contributed by atoms with Crippen LogP contribution in [0.3, 0.4) is 0 Å². The summed E-state index contributed by atoms with van der Waals surface area (Å²) >= 11 is 1.79. The Morgan fingerprint density at radius 3 is 2.81 bits per heavy atom. The van der Waals surface area contributed by atoms with E-state index in [9.17, 15) is 0 Å². The summed E-state index contributed by atoms with van der Waals surface area (Å²) in [4.78, 5) is 1.40. The van der Waals surface area contributed by atoms with Crippen LogP contribution in [0.15, 0.2) is 17.5 Å². The van der Waals surface area contributed by atoms with E-state index in [0.717, 1.165) is 12.8 Å². The second-order valence-electron chi connectivity index (χ2n) is 4.37. The van der Waals surface area contributed by atoms with Crippen LogP contribution in [0.5, 0.6) is 0 Å². The average molecular weight is 242 g/mol. The van der Waals surface area contributed by atoms with Gasteiger partial charge in [-0.2, -0.15) is 0 Å². The minimum absolute atomic E-state index is 0.176. The molecule has 0 aromatic carbocycles. The Bertz CT molecular complexity index is 285. The van der Waals surface area contributed by atoms with E-state index in [1.165, 1.54) is 4.88 Å². The van der Waals surface area contributed by atoms with Crippen molar-refractivity contribution >= 4 is 11.3 Å². The summed E-state index contributed by atoms with van der Waals surface area (Å²) < 4.78 is 5.71. The van der Waals surface area contributed by atoms with Crippen LogP contribution in [-0.2, 0) is 11.2 Å². The standard InChI is InChI=1S/C12H22N2OS/c1-4-15-12(2,3)11(14-13)8-7-10-6-5-9-16-10/h5-6,9,11,14H,4,7-8,13H2,1-3H3. The highest BCUT2D eigenvalue weighted by Gasteiger charge is 2.28. The first-order chi connectivity index (χ1) is 7.60. The third-order valence-corrected chi connectivity index (χ3v) is 3.75. The van der Waals surface area contributed by atoms with E-state index in [1.807, 2.05) is 6.92 Å². The zero-order valence-corrected chi connectivity index (χ0v) is 11.1. The second kappa shape index (κ2) is 6.35. The third kappa shape index (κ3) is 3.87. The van der Waals surface area contributed by atoms with Crippen LogP contribution in [0.4, 0.5) is 0 Å². The lowest BCUT2D eigenvalue weighted by Crippen LogP contribution is -2.51. The SMILES string of the molecule is CCOC(C)(C)C(CCc1cccs1)NN. The molecule has 1 rings (SSSR count). The lowest BCUT2D eigenvalue weighted by molar-refractivity contribution is -0.0400. The Morgan fingerprint density at radius 1 is 1.56 bits per heavy atom. The quantitative estimate of drug-likeness (QED) is 0.570. The number of thiophene rings is 1. The number of hydrazine groups is 1. The number of nitrogens with two attached hydrogens (primary N) is 1. The van der Waals surface area contributed by atoms with Gasteiger partial charge in [-0.1, -0.05) is 6.07 Å². The van der Waals surface area contributed by atoms with Gasteiger partial charge in [-0.25, -0.2) is 0 Å². The Labute approximate surface area is 102 Å². The third-order valence-electron chi connectivity index (χ3n) is 2.82. The van der Waals surface area contributed by atoms with Crippen LogP contribution in [0.1, 0.15) is 32.1 Å². The van der Waals surface area contributed by atoms with Gasteiger partial charge in [-0.3, -0.25) is 11.3 Å². The molecule has 0 saturated heterocycles. The molecule has 0 aliphatic rings. The van der Waals surface area contributed by atoms with Gasteiger partial charge in [0.25, 0.3) is 0 Å². The molecule has 0 aliphatic heterocycles. The summed E-state index contributed by atoms with van der Waals surface area (Å²) in [7, 11) is 0.